The molecule has 44 heavy (non-hydrogen) atoms. The number of amides is 2. The van der Waals surface area contributed by atoms with E-state index in [9.17, 15) is 23.9 Å². The maximum absolute atomic E-state index is 13.3. The average molecular weight is 613 g/mol. The van der Waals surface area contributed by atoms with Gasteiger partial charge in [0.25, 0.3) is 11.5 Å². The zero-order valence-corrected chi connectivity index (χ0v) is 25.8. The van der Waals surface area contributed by atoms with E-state index in [1.54, 1.807) is 34.8 Å². The fraction of sp³-hybridized carbons (Fsp3) is 0.438. The van der Waals surface area contributed by atoms with Crippen LogP contribution >= 0.6 is 0 Å². The van der Waals surface area contributed by atoms with Crippen molar-refractivity contribution in [3.63, 3.8) is 0 Å². The standard InChI is InChI=1S/C32H41FN4O7/c1-6-37(31(41)44-32(2,3)4)25(17-16-24(42-5)20-43-19-22-10-8-7-9-11-22)28-35-26(27(38)30(40)36-28)29(39)34-18-21-12-14-23(33)15-13-21/h7-15,24-25,38H,6,16-20H2,1-5H3,(H,34,39)(H,35,36,40)/t24-,25?/m0/s1. The van der Waals surface area contributed by atoms with Gasteiger partial charge in [-0.1, -0.05) is 42.5 Å². The Morgan fingerprint density at radius 3 is 2.36 bits per heavy atom. The molecule has 0 aliphatic rings. The number of methoxy groups -OCH3 is 1. The lowest BCUT2D eigenvalue weighted by Gasteiger charge is -2.33. The van der Waals surface area contributed by atoms with Gasteiger partial charge in [0.05, 0.1) is 25.4 Å². The molecule has 3 rings (SSSR count). The number of nitrogens with zero attached hydrogens (tertiary/aromatic N) is 2. The summed E-state index contributed by atoms with van der Waals surface area (Å²) in [5.74, 6) is -2.11. The minimum atomic E-state index is -0.943. The van der Waals surface area contributed by atoms with E-state index in [2.05, 4.69) is 15.3 Å². The van der Waals surface area contributed by atoms with E-state index < -0.39 is 46.5 Å². The predicted molar refractivity (Wildman–Crippen MR) is 162 cm³/mol. The molecule has 0 bridgehead atoms. The summed E-state index contributed by atoms with van der Waals surface area (Å²) < 4.78 is 30.4. The number of carbonyl (C=O) groups is 2. The molecule has 11 nitrogen and oxygen atoms in total. The van der Waals surface area contributed by atoms with E-state index in [-0.39, 0.29) is 38.0 Å². The van der Waals surface area contributed by atoms with Crippen LogP contribution in [0.5, 0.6) is 5.75 Å². The van der Waals surface area contributed by atoms with Crippen molar-refractivity contribution in [1.29, 1.82) is 0 Å². The minimum Gasteiger partial charge on any atom is -0.501 e. The molecular formula is C32H41FN4O7. The maximum atomic E-state index is 13.3. The van der Waals surface area contributed by atoms with Gasteiger partial charge >= 0.3 is 6.09 Å². The number of H-pyrrole nitrogens is 1. The van der Waals surface area contributed by atoms with Gasteiger partial charge in [-0.3, -0.25) is 14.5 Å². The molecule has 1 unspecified atom stereocenters. The third-order valence-electron chi connectivity index (χ3n) is 6.67. The lowest BCUT2D eigenvalue weighted by molar-refractivity contribution is -0.0105. The number of nitrogens with one attached hydrogen (secondary N) is 2. The molecule has 0 saturated carbocycles. The van der Waals surface area contributed by atoms with Gasteiger partial charge in [-0.2, -0.15) is 0 Å². The number of rotatable bonds is 14. The van der Waals surface area contributed by atoms with Crippen LogP contribution in [0.4, 0.5) is 9.18 Å². The molecule has 0 aliphatic carbocycles. The molecule has 3 aromatic rings. The second kappa shape index (κ2) is 16.0. The highest BCUT2D eigenvalue weighted by Crippen LogP contribution is 2.27. The topological polar surface area (TPSA) is 143 Å². The first-order valence-electron chi connectivity index (χ1n) is 14.4. The Morgan fingerprint density at radius 1 is 1.07 bits per heavy atom. The second-order valence-electron chi connectivity index (χ2n) is 11.2. The fourth-order valence-electron chi connectivity index (χ4n) is 4.40. The van der Waals surface area contributed by atoms with Crippen molar-refractivity contribution in [2.75, 3.05) is 20.3 Å². The van der Waals surface area contributed by atoms with Crippen molar-refractivity contribution in [1.82, 2.24) is 20.2 Å². The summed E-state index contributed by atoms with van der Waals surface area (Å²) in [6.07, 6.45) is -0.352. The van der Waals surface area contributed by atoms with E-state index in [1.807, 2.05) is 30.3 Å². The van der Waals surface area contributed by atoms with Crippen molar-refractivity contribution in [3.8, 4) is 5.75 Å². The molecular weight excluding hydrogens is 571 g/mol. The van der Waals surface area contributed by atoms with E-state index >= 15 is 0 Å². The summed E-state index contributed by atoms with van der Waals surface area (Å²) in [6, 6.07) is 14.3. The van der Waals surface area contributed by atoms with Crippen molar-refractivity contribution in [2.45, 2.75) is 71.4 Å². The largest absolute Gasteiger partial charge is 0.501 e. The first-order chi connectivity index (χ1) is 20.9. The van der Waals surface area contributed by atoms with E-state index in [1.165, 1.54) is 29.2 Å². The Morgan fingerprint density at radius 2 is 1.75 bits per heavy atom. The van der Waals surface area contributed by atoms with Crippen LogP contribution in [-0.2, 0) is 27.4 Å². The lowest BCUT2D eigenvalue weighted by atomic mass is 10.1. The lowest BCUT2D eigenvalue weighted by Crippen LogP contribution is -2.41. The molecule has 0 radical (unpaired) electrons. The van der Waals surface area contributed by atoms with Gasteiger partial charge in [0.1, 0.15) is 17.2 Å². The Kier molecular flexibility index (Phi) is 12.4. The molecule has 2 amide bonds. The normalized spacial score (nSPS) is 12.8. The summed E-state index contributed by atoms with van der Waals surface area (Å²) >= 11 is 0. The highest BCUT2D eigenvalue weighted by atomic mass is 19.1. The third-order valence-corrected chi connectivity index (χ3v) is 6.67. The molecule has 3 N–H and O–H groups in total. The number of carbonyl (C=O) groups excluding carboxylic acids is 2. The Hall–Kier alpha value is -4.29. The zero-order valence-electron chi connectivity index (χ0n) is 25.8. The zero-order chi connectivity index (χ0) is 32.3. The van der Waals surface area contributed by atoms with Crippen LogP contribution in [0.3, 0.4) is 0 Å². The molecule has 0 aliphatic heterocycles. The second-order valence-corrected chi connectivity index (χ2v) is 11.2. The Bertz CT molecular complexity index is 1430. The molecule has 2 aromatic carbocycles. The van der Waals surface area contributed by atoms with Crippen LogP contribution in [0, 0.1) is 5.82 Å². The van der Waals surface area contributed by atoms with Crippen LogP contribution in [0.15, 0.2) is 59.4 Å². The number of benzene rings is 2. The molecule has 0 saturated heterocycles. The minimum absolute atomic E-state index is 0.00326. The van der Waals surface area contributed by atoms with Crippen LogP contribution in [0.25, 0.3) is 0 Å². The quantitative estimate of drug-likeness (QED) is 0.234. The van der Waals surface area contributed by atoms with Gasteiger partial charge < -0.3 is 29.6 Å². The van der Waals surface area contributed by atoms with Crippen LogP contribution in [0.2, 0.25) is 0 Å². The number of halogens is 1. The molecule has 1 aromatic heterocycles. The highest BCUT2D eigenvalue weighted by Gasteiger charge is 2.32. The van der Waals surface area contributed by atoms with E-state index in [0.29, 0.717) is 18.6 Å². The number of aromatic nitrogens is 2. The third kappa shape index (κ3) is 10.2. The van der Waals surface area contributed by atoms with Crippen molar-refractivity contribution >= 4 is 12.0 Å². The summed E-state index contributed by atoms with van der Waals surface area (Å²) in [4.78, 5) is 47.4. The number of hydrogen-bond acceptors (Lipinski definition) is 8. The van der Waals surface area contributed by atoms with Crippen molar-refractivity contribution < 1.29 is 33.3 Å². The van der Waals surface area contributed by atoms with Crippen molar-refractivity contribution in [2.24, 2.45) is 0 Å². The Labute approximate surface area is 256 Å². The molecule has 2 atom stereocenters. The number of aromatic amines is 1. The molecule has 12 heteroatoms. The fourth-order valence-corrected chi connectivity index (χ4v) is 4.40. The summed E-state index contributed by atoms with van der Waals surface area (Å²) in [7, 11) is 1.56. The highest BCUT2D eigenvalue weighted by molar-refractivity contribution is 5.94. The van der Waals surface area contributed by atoms with E-state index in [4.69, 9.17) is 14.2 Å². The van der Waals surface area contributed by atoms with Crippen LogP contribution < -0.4 is 10.9 Å². The SMILES string of the molecule is CCN(C(=O)OC(C)(C)C)C(CC[C@@H](COCc1ccccc1)OC)c1nc(C(=O)NCc2ccc(F)cc2)c(O)c(=O)[nH]1. The van der Waals surface area contributed by atoms with Gasteiger partial charge in [0.15, 0.2) is 5.69 Å². The number of ether oxygens (including phenoxy) is 3. The van der Waals surface area contributed by atoms with Gasteiger partial charge in [-0.25, -0.2) is 14.2 Å². The smallest absolute Gasteiger partial charge is 0.410 e. The molecule has 0 fully saturated rings. The first kappa shape index (κ1) is 34.2. The summed E-state index contributed by atoms with van der Waals surface area (Å²) in [6.45, 7) is 7.83. The summed E-state index contributed by atoms with van der Waals surface area (Å²) in [5.41, 5.74) is -0.633. The van der Waals surface area contributed by atoms with Gasteiger partial charge in [0, 0.05) is 20.2 Å². The summed E-state index contributed by atoms with van der Waals surface area (Å²) in [5, 5.41) is 13.0. The van der Waals surface area contributed by atoms with Gasteiger partial charge in [-0.15, -0.1) is 0 Å². The van der Waals surface area contributed by atoms with Crippen LogP contribution in [-0.4, -0.2) is 63.9 Å². The molecule has 0 spiro atoms. The molecule has 238 valence electrons. The van der Waals surface area contributed by atoms with Gasteiger partial charge in [-0.05, 0) is 63.8 Å². The molecule has 1 heterocycles. The number of hydrogen-bond donors (Lipinski definition) is 3. The maximum Gasteiger partial charge on any atom is 0.410 e. The monoisotopic (exact) mass is 612 g/mol. The predicted octanol–water partition coefficient (Wildman–Crippen LogP) is 4.85. The van der Waals surface area contributed by atoms with Crippen LogP contribution in [0.1, 0.15) is 74.0 Å². The number of aromatic hydroxyl groups is 1. The van der Waals surface area contributed by atoms with E-state index in [0.717, 1.165) is 5.56 Å². The first-order valence-corrected chi connectivity index (χ1v) is 14.4. The van der Waals surface area contributed by atoms with Gasteiger partial charge in [0.2, 0.25) is 5.75 Å². The Balaban J connectivity index is 1.86. The average Bonchev–Trinajstić information content (AvgIpc) is 2.98. The van der Waals surface area contributed by atoms with Crippen molar-refractivity contribution in [3.05, 3.63) is 93.4 Å².